The lowest BCUT2D eigenvalue weighted by atomic mass is 9.99. The van der Waals surface area contributed by atoms with Crippen molar-refractivity contribution in [3.8, 4) is 0 Å². The van der Waals surface area contributed by atoms with E-state index in [0.717, 1.165) is 32.1 Å². The summed E-state index contributed by atoms with van der Waals surface area (Å²) in [6.07, 6.45) is 7.99. The summed E-state index contributed by atoms with van der Waals surface area (Å²) in [4.78, 5) is 0. The van der Waals surface area contributed by atoms with Crippen LogP contribution in [-0.4, -0.2) is 25.8 Å². The maximum Gasteiger partial charge on any atom is 0.0622 e. The van der Waals surface area contributed by atoms with E-state index in [1.165, 1.54) is 32.1 Å². The zero-order chi connectivity index (χ0) is 10.9. The van der Waals surface area contributed by atoms with Gasteiger partial charge in [-0.15, -0.1) is 0 Å². The van der Waals surface area contributed by atoms with E-state index in [-0.39, 0.29) is 0 Å². The average molecular weight is 213 g/mol. The predicted octanol–water partition coefficient (Wildman–Crippen LogP) is 2.97. The molecule has 0 heterocycles. The van der Waals surface area contributed by atoms with Crippen molar-refractivity contribution >= 4 is 0 Å². The Hall–Kier alpha value is -0.0800. The molecule has 2 heteroatoms. The first-order valence-electron chi connectivity index (χ1n) is 6.69. The molecule has 15 heavy (non-hydrogen) atoms. The fourth-order valence-electron chi connectivity index (χ4n) is 2.41. The van der Waals surface area contributed by atoms with E-state index in [2.05, 4.69) is 19.2 Å². The van der Waals surface area contributed by atoms with E-state index in [4.69, 9.17) is 4.74 Å². The summed E-state index contributed by atoms with van der Waals surface area (Å²) in [6, 6.07) is 0.610. The van der Waals surface area contributed by atoms with E-state index >= 15 is 0 Å². The third-order valence-electron chi connectivity index (χ3n) is 3.27. The summed E-state index contributed by atoms with van der Waals surface area (Å²) in [5.41, 5.74) is 0. The lowest BCUT2D eigenvalue weighted by molar-refractivity contribution is 0.0940. The first-order chi connectivity index (χ1) is 7.38. The Kier molecular flexibility index (Phi) is 7.03. The quantitative estimate of drug-likeness (QED) is 0.626. The van der Waals surface area contributed by atoms with Crippen molar-refractivity contribution in [3.63, 3.8) is 0 Å². The van der Waals surface area contributed by atoms with Gasteiger partial charge in [-0.25, -0.2) is 0 Å². The Labute approximate surface area is 94.8 Å². The Balaban J connectivity index is 2.23. The Morgan fingerprint density at radius 1 is 1.20 bits per heavy atom. The second-order valence-corrected chi connectivity index (χ2v) is 4.68. The van der Waals surface area contributed by atoms with Crippen molar-refractivity contribution < 1.29 is 4.74 Å². The predicted molar refractivity (Wildman–Crippen MR) is 65.1 cm³/mol. The molecule has 0 aromatic rings. The van der Waals surface area contributed by atoms with Gasteiger partial charge >= 0.3 is 0 Å². The SMILES string of the molecule is CCCNC(COCCC)C1CCCC1. The third kappa shape index (κ3) is 4.98. The maximum absolute atomic E-state index is 5.69. The molecule has 0 amide bonds. The molecule has 1 N–H and O–H groups in total. The van der Waals surface area contributed by atoms with Crippen LogP contribution >= 0.6 is 0 Å². The van der Waals surface area contributed by atoms with Gasteiger partial charge in [0, 0.05) is 12.6 Å². The van der Waals surface area contributed by atoms with Gasteiger partial charge < -0.3 is 10.1 Å². The third-order valence-corrected chi connectivity index (χ3v) is 3.27. The molecule has 0 aromatic carbocycles. The molecule has 1 rings (SSSR count). The van der Waals surface area contributed by atoms with Crippen LogP contribution in [0.3, 0.4) is 0 Å². The summed E-state index contributed by atoms with van der Waals surface area (Å²) in [5.74, 6) is 0.869. The molecule has 1 aliphatic rings. The van der Waals surface area contributed by atoms with Crippen LogP contribution in [0, 0.1) is 5.92 Å². The molecule has 1 saturated carbocycles. The largest absolute Gasteiger partial charge is 0.380 e. The summed E-state index contributed by atoms with van der Waals surface area (Å²) >= 11 is 0. The minimum atomic E-state index is 0.610. The zero-order valence-corrected chi connectivity index (χ0v) is 10.4. The van der Waals surface area contributed by atoms with Crippen LogP contribution in [0.15, 0.2) is 0 Å². The smallest absolute Gasteiger partial charge is 0.0622 e. The molecule has 1 aliphatic carbocycles. The van der Waals surface area contributed by atoms with Crippen molar-refractivity contribution in [1.82, 2.24) is 5.32 Å². The summed E-state index contributed by atoms with van der Waals surface area (Å²) in [7, 11) is 0. The van der Waals surface area contributed by atoms with E-state index in [1.807, 2.05) is 0 Å². The number of hydrogen-bond donors (Lipinski definition) is 1. The Morgan fingerprint density at radius 2 is 1.93 bits per heavy atom. The highest BCUT2D eigenvalue weighted by atomic mass is 16.5. The molecule has 0 aliphatic heterocycles. The molecular weight excluding hydrogens is 186 g/mol. The molecule has 90 valence electrons. The van der Waals surface area contributed by atoms with Crippen LogP contribution in [0.5, 0.6) is 0 Å². The molecule has 2 nitrogen and oxygen atoms in total. The van der Waals surface area contributed by atoms with Crippen molar-refractivity contribution in [3.05, 3.63) is 0 Å². The normalized spacial score (nSPS) is 19.6. The number of ether oxygens (including phenoxy) is 1. The van der Waals surface area contributed by atoms with Crippen LogP contribution in [0.1, 0.15) is 52.4 Å². The standard InChI is InChI=1S/C13H27NO/c1-3-9-14-13(11-15-10-4-2)12-7-5-6-8-12/h12-14H,3-11H2,1-2H3. The second-order valence-electron chi connectivity index (χ2n) is 4.68. The lowest BCUT2D eigenvalue weighted by Crippen LogP contribution is -2.39. The van der Waals surface area contributed by atoms with Gasteiger partial charge in [0.25, 0.3) is 0 Å². The maximum atomic E-state index is 5.69. The van der Waals surface area contributed by atoms with Crippen molar-refractivity contribution in [2.45, 2.75) is 58.4 Å². The summed E-state index contributed by atoms with van der Waals surface area (Å²) < 4.78 is 5.69. The molecule has 0 aromatic heterocycles. The number of rotatable bonds is 8. The summed E-state index contributed by atoms with van der Waals surface area (Å²) in [5, 5.41) is 3.65. The topological polar surface area (TPSA) is 21.3 Å². The average Bonchev–Trinajstić information content (AvgIpc) is 2.76. The fourth-order valence-corrected chi connectivity index (χ4v) is 2.41. The van der Waals surface area contributed by atoms with Crippen LogP contribution < -0.4 is 5.32 Å². The number of nitrogens with one attached hydrogen (secondary N) is 1. The fraction of sp³-hybridized carbons (Fsp3) is 1.00. The van der Waals surface area contributed by atoms with Gasteiger partial charge in [0.15, 0.2) is 0 Å². The molecule has 0 radical (unpaired) electrons. The van der Waals surface area contributed by atoms with Gasteiger partial charge in [0.2, 0.25) is 0 Å². The molecule has 0 bridgehead atoms. The highest BCUT2D eigenvalue weighted by Crippen LogP contribution is 2.27. The molecular formula is C13H27NO. The van der Waals surface area contributed by atoms with Crippen LogP contribution in [0.4, 0.5) is 0 Å². The molecule has 1 unspecified atom stereocenters. The minimum absolute atomic E-state index is 0.610. The van der Waals surface area contributed by atoms with Gasteiger partial charge in [-0.05, 0) is 38.1 Å². The zero-order valence-electron chi connectivity index (χ0n) is 10.4. The molecule has 0 spiro atoms. The van der Waals surface area contributed by atoms with Gasteiger partial charge in [0.05, 0.1) is 6.61 Å². The lowest BCUT2D eigenvalue weighted by Gasteiger charge is -2.24. The monoisotopic (exact) mass is 213 g/mol. The van der Waals surface area contributed by atoms with Gasteiger partial charge in [-0.3, -0.25) is 0 Å². The molecule has 1 atom stereocenters. The first kappa shape index (κ1) is 13.0. The van der Waals surface area contributed by atoms with E-state index in [0.29, 0.717) is 6.04 Å². The van der Waals surface area contributed by atoms with Crippen LogP contribution in [0.25, 0.3) is 0 Å². The number of hydrogen-bond acceptors (Lipinski definition) is 2. The van der Waals surface area contributed by atoms with Crippen molar-refractivity contribution in [2.75, 3.05) is 19.8 Å². The highest BCUT2D eigenvalue weighted by molar-refractivity contribution is 4.80. The highest BCUT2D eigenvalue weighted by Gasteiger charge is 2.24. The summed E-state index contributed by atoms with van der Waals surface area (Å²) in [6.45, 7) is 7.36. The van der Waals surface area contributed by atoms with Crippen molar-refractivity contribution in [2.24, 2.45) is 5.92 Å². The Bertz CT molecular complexity index is 143. The second kappa shape index (κ2) is 8.12. The van der Waals surface area contributed by atoms with E-state index in [9.17, 15) is 0 Å². The molecule has 1 fully saturated rings. The van der Waals surface area contributed by atoms with Gasteiger partial charge in [-0.2, -0.15) is 0 Å². The van der Waals surface area contributed by atoms with E-state index in [1.54, 1.807) is 0 Å². The van der Waals surface area contributed by atoms with Crippen molar-refractivity contribution in [1.29, 1.82) is 0 Å². The Morgan fingerprint density at radius 3 is 2.53 bits per heavy atom. The molecule has 0 saturated heterocycles. The van der Waals surface area contributed by atoms with Crippen LogP contribution in [0.2, 0.25) is 0 Å². The van der Waals surface area contributed by atoms with Gasteiger partial charge in [0.1, 0.15) is 0 Å². The van der Waals surface area contributed by atoms with Gasteiger partial charge in [-0.1, -0.05) is 26.7 Å². The van der Waals surface area contributed by atoms with Crippen LogP contribution in [-0.2, 0) is 4.74 Å². The van der Waals surface area contributed by atoms with E-state index < -0.39 is 0 Å². The first-order valence-corrected chi connectivity index (χ1v) is 6.69. The minimum Gasteiger partial charge on any atom is -0.380 e.